The van der Waals surface area contributed by atoms with E-state index in [2.05, 4.69) is 41.8 Å². The van der Waals surface area contributed by atoms with E-state index in [0.29, 0.717) is 20.4 Å². The minimum atomic E-state index is -0.463. The van der Waals surface area contributed by atoms with Crippen LogP contribution < -0.4 is 15.0 Å². The van der Waals surface area contributed by atoms with Gasteiger partial charge in [0, 0.05) is 0 Å². The lowest BCUT2D eigenvalue weighted by Crippen LogP contribution is -2.08. The maximum atomic E-state index is 11.3. The number of methoxy groups -OCH3 is 1. The molecule has 0 saturated carbocycles. The lowest BCUT2D eigenvalue weighted by atomic mass is 10.3. The van der Waals surface area contributed by atoms with Crippen LogP contribution in [0.25, 0.3) is 0 Å². The number of ether oxygens (including phenoxy) is 2. The molecule has 1 aromatic carbocycles. The SMILES string of the molecule is COc1cc(Br)c(Oc2nc[nH]c(=O)c2Cl)cc1Br. The molecular formula is C11H7Br2ClN2O3. The second-order valence-corrected chi connectivity index (χ2v) is 5.46. The molecule has 0 spiro atoms. The van der Waals surface area contributed by atoms with Gasteiger partial charge in [-0.05, 0) is 44.0 Å². The summed E-state index contributed by atoms with van der Waals surface area (Å²) in [7, 11) is 1.56. The Hall–Kier alpha value is -1.05. The Kier molecular flexibility index (Phi) is 4.49. The number of nitrogens with one attached hydrogen (secondary N) is 1. The molecule has 0 aliphatic rings. The van der Waals surface area contributed by atoms with Gasteiger partial charge in [0.1, 0.15) is 11.5 Å². The zero-order valence-corrected chi connectivity index (χ0v) is 13.5. The van der Waals surface area contributed by atoms with Gasteiger partial charge in [0.25, 0.3) is 5.56 Å². The van der Waals surface area contributed by atoms with Crippen molar-refractivity contribution in [3.8, 4) is 17.4 Å². The Morgan fingerprint density at radius 1 is 1.26 bits per heavy atom. The number of nitrogens with zero attached hydrogens (tertiary/aromatic N) is 1. The van der Waals surface area contributed by atoms with Crippen molar-refractivity contribution < 1.29 is 9.47 Å². The number of benzene rings is 1. The molecule has 100 valence electrons. The lowest BCUT2D eigenvalue weighted by Gasteiger charge is -2.10. The predicted octanol–water partition coefficient (Wildman–Crippen LogP) is 3.75. The van der Waals surface area contributed by atoms with Crippen LogP contribution in [0.2, 0.25) is 5.02 Å². The van der Waals surface area contributed by atoms with Crippen LogP contribution in [0.4, 0.5) is 0 Å². The van der Waals surface area contributed by atoms with Crippen LogP contribution in [0, 0.1) is 0 Å². The molecule has 19 heavy (non-hydrogen) atoms. The molecule has 1 N–H and O–H groups in total. The fourth-order valence-corrected chi connectivity index (χ4v) is 2.32. The van der Waals surface area contributed by atoms with Gasteiger partial charge in [0.05, 0.1) is 22.4 Å². The van der Waals surface area contributed by atoms with Crippen LogP contribution in [0.1, 0.15) is 0 Å². The normalized spacial score (nSPS) is 10.3. The number of H-pyrrole nitrogens is 1. The minimum absolute atomic E-state index is 0.0307. The standard InChI is InChI=1S/C11H7Br2ClN2O3/c1-18-7-2-6(13)8(3-5(7)12)19-11-9(14)10(17)15-4-16-11/h2-4H,1H3,(H,15,16,17). The summed E-state index contributed by atoms with van der Waals surface area (Å²) in [6.07, 6.45) is 1.22. The Balaban J connectivity index is 2.41. The fraction of sp³-hybridized carbons (Fsp3) is 0.0909. The molecule has 5 nitrogen and oxygen atoms in total. The van der Waals surface area contributed by atoms with Crippen LogP contribution in [-0.2, 0) is 0 Å². The van der Waals surface area contributed by atoms with Crippen molar-refractivity contribution >= 4 is 43.5 Å². The third-order valence-corrected chi connectivity index (χ3v) is 3.75. The Bertz CT molecular complexity index is 675. The zero-order chi connectivity index (χ0) is 14.0. The average Bonchev–Trinajstić information content (AvgIpc) is 2.38. The molecule has 2 aromatic rings. The van der Waals surface area contributed by atoms with Gasteiger partial charge in [-0.15, -0.1) is 0 Å². The molecule has 8 heteroatoms. The third kappa shape index (κ3) is 3.10. The summed E-state index contributed by atoms with van der Waals surface area (Å²) in [6.45, 7) is 0. The number of rotatable bonds is 3. The average molecular weight is 410 g/mol. The summed E-state index contributed by atoms with van der Waals surface area (Å²) in [5, 5.41) is -0.110. The van der Waals surface area contributed by atoms with Crippen molar-refractivity contribution in [1.29, 1.82) is 0 Å². The van der Waals surface area contributed by atoms with Crippen molar-refractivity contribution in [2.45, 2.75) is 0 Å². The molecular weight excluding hydrogens is 403 g/mol. The maximum absolute atomic E-state index is 11.3. The topological polar surface area (TPSA) is 64.2 Å². The van der Waals surface area contributed by atoms with Gasteiger partial charge < -0.3 is 14.5 Å². The first-order valence-corrected chi connectivity index (χ1v) is 6.93. The first-order chi connectivity index (χ1) is 9.02. The van der Waals surface area contributed by atoms with Gasteiger partial charge in [0.2, 0.25) is 5.88 Å². The highest BCUT2D eigenvalue weighted by atomic mass is 79.9. The molecule has 0 bridgehead atoms. The summed E-state index contributed by atoms with van der Waals surface area (Å²) < 4.78 is 12.0. The molecule has 0 fully saturated rings. The molecule has 0 amide bonds. The van der Waals surface area contributed by atoms with Gasteiger partial charge in [-0.2, -0.15) is 0 Å². The molecule has 0 saturated heterocycles. The van der Waals surface area contributed by atoms with Crippen molar-refractivity contribution in [3.63, 3.8) is 0 Å². The van der Waals surface area contributed by atoms with Gasteiger partial charge in [-0.3, -0.25) is 4.79 Å². The number of halogens is 3. The highest BCUT2D eigenvalue weighted by Crippen LogP contribution is 2.38. The summed E-state index contributed by atoms with van der Waals surface area (Å²) in [6, 6.07) is 3.41. The van der Waals surface area contributed by atoms with E-state index >= 15 is 0 Å². The third-order valence-electron chi connectivity index (χ3n) is 2.18. The molecule has 2 rings (SSSR count). The number of aromatic amines is 1. The number of hydrogen-bond donors (Lipinski definition) is 1. The van der Waals surface area contributed by atoms with Crippen LogP contribution in [0.3, 0.4) is 0 Å². The first kappa shape index (κ1) is 14.4. The van der Waals surface area contributed by atoms with Crippen molar-refractivity contribution in [3.05, 3.63) is 42.8 Å². The maximum Gasteiger partial charge on any atom is 0.273 e. The summed E-state index contributed by atoms with van der Waals surface area (Å²) in [4.78, 5) is 17.6. The zero-order valence-electron chi connectivity index (χ0n) is 9.54. The van der Waals surface area contributed by atoms with Gasteiger partial charge in [-0.25, -0.2) is 4.98 Å². The molecule has 1 heterocycles. The smallest absolute Gasteiger partial charge is 0.273 e. The fourth-order valence-electron chi connectivity index (χ4n) is 1.29. The van der Waals surface area contributed by atoms with Gasteiger partial charge >= 0.3 is 0 Å². The van der Waals surface area contributed by atoms with Crippen LogP contribution in [-0.4, -0.2) is 17.1 Å². The minimum Gasteiger partial charge on any atom is -0.496 e. The lowest BCUT2D eigenvalue weighted by molar-refractivity contribution is 0.408. The van der Waals surface area contributed by atoms with E-state index in [1.807, 2.05) is 0 Å². The van der Waals surface area contributed by atoms with E-state index < -0.39 is 5.56 Å². The van der Waals surface area contributed by atoms with E-state index in [4.69, 9.17) is 21.1 Å². The van der Waals surface area contributed by atoms with Crippen molar-refractivity contribution in [2.24, 2.45) is 0 Å². The van der Waals surface area contributed by atoms with E-state index in [9.17, 15) is 4.79 Å². The molecule has 0 aliphatic heterocycles. The van der Waals surface area contributed by atoms with E-state index in [1.165, 1.54) is 6.33 Å². The molecule has 1 aromatic heterocycles. The molecule has 0 aliphatic carbocycles. The molecule has 0 radical (unpaired) electrons. The Labute approximate surface area is 130 Å². The van der Waals surface area contributed by atoms with Gasteiger partial charge in [-0.1, -0.05) is 11.6 Å². The summed E-state index contributed by atoms with van der Waals surface area (Å²) in [5.41, 5.74) is -0.463. The second kappa shape index (κ2) is 5.94. The van der Waals surface area contributed by atoms with Crippen LogP contribution in [0.15, 0.2) is 32.2 Å². The van der Waals surface area contributed by atoms with Crippen LogP contribution in [0.5, 0.6) is 17.4 Å². The van der Waals surface area contributed by atoms with E-state index in [-0.39, 0.29) is 10.9 Å². The van der Waals surface area contributed by atoms with Gasteiger partial charge in [0.15, 0.2) is 5.02 Å². The highest BCUT2D eigenvalue weighted by Gasteiger charge is 2.13. The number of aromatic nitrogens is 2. The molecule has 0 atom stereocenters. The quantitative estimate of drug-likeness (QED) is 0.837. The second-order valence-electron chi connectivity index (χ2n) is 3.37. The van der Waals surface area contributed by atoms with Crippen molar-refractivity contribution in [1.82, 2.24) is 9.97 Å². The Morgan fingerprint density at radius 2 is 1.89 bits per heavy atom. The summed E-state index contributed by atoms with van der Waals surface area (Å²) >= 11 is 12.5. The first-order valence-electron chi connectivity index (χ1n) is 4.97. The molecule has 0 unspecified atom stereocenters. The predicted molar refractivity (Wildman–Crippen MR) is 78.3 cm³/mol. The van der Waals surface area contributed by atoms with E-state index in [1.54, 1.807) is 19.2 Å². The Morgan fingerprint density at radius 3 is 2.58 bits per heavy atom. The van der Waals surface area contributed by atoms with Crippen molar-refractivity contribution in [2.75, 3.05) is 7.11 Å². The summed E-state index contributed by atoms with van der Waals surface area (Å²) in [5.74, 6) is 1.13. The largest absolute Gasteiger partial charge is 0.496 e. The van der Waals surface area contributed by atoms with Crippen LogP contribution >= 0.6 is 43.5 Å². The highest BCUT2D eigenvalue weighted by molar-refractivity contribution is 9.11. The number of hydrogen-bond acceptors (Lipinski definition) is 4. The monoisotopic (exact) mass is 408 g/mol. The van der Waals surface area contributed by atoms with E-state index in [0.717, 1.165) is 0 Å².